The predicted octanol–water partition coefficient (Wildman–Crippen LogP) is 6.99. The number of unbranched alkanes of at least 4 members (excludes halogenated alkanes) is 3. The van der Waals surface area contributed by atoms with Gasteiger partial charge in [-0.1, -0.05) is 50.2 Å². The van der Waals surface area contributed by atoms with E-state index in [1.807, 2.05) is 36.4 Å². The molecule has 0 aliphatic carbocycles. The van der Waals surface area contributed by atoms with Gasteiger partial charge in [0, 0.05) is 11.1 Å². The molecule has 0 amide bonds. The van der Waals surface area contributed by atoms with Gasteiger partial charge in [0.05, 0.1) is 11.7 Å². The van der Waals surface area contributed by atoms with Crippen molar-refractivity contribution >= 4 is 10.8 Å². The standard InChI is InChI=1S/C27H26FNO/c1-3-4-5-6-7-20(2)30-26-15-14-23-16-21(10-12-24(23)18-26)8-9-22-11-13-25(19-29)27(28)17-22/h10-18,20H,3-7H2,1-2H3/t20-/m0/s1. The van der Waals surface area contributed by atoms with E-state index in [1.165, 1.54) is 37.8 Å². The Bertz CT molecular complexity index is 1120. The van der Waals surface area contributed by atoms with Gasteiger partial charge in [0.15, 0.2) is 0 Å². The molecule has 0 aromatic heterocycles. The summed E-state index contributed by atoms with van der Waals surface area (Å²) in [5.41, 5.74) is 1.42. The van der Waals surface area contributed by atoms with E-state index < -0.39 is 5.82 Å². The molecule has 3 aromatic carbocycles. The number of hydrogen-bond donors (Lipinski definition) is 0. The van der Waals surface area contributed by atoms with E-state index in [2.05, 4.69) is 31.8 Å². The molecule has 1 atom stereocenters. The number of hydrogen-bond acceptors (Lipinski definition) is 2. The number of benzene rings is 3. The van der Waals surface area contributed by atoms with Crippen LogP contribution in [0, 0.1) is 29.0 Å². The van der Waals surface area contributed by atoms with Gasteiger partial charge >= 0.3 is 0 Å². The van der Waals surface area contributed by atoms with Crippen LogP contribution in [0.25, 0.3) is 10.8 Å². The molecule has 0 heterocycles. The molecule has 0 saturated heterocycles. The number of rotatable bonds is 7. The van der Waals surface area contributed by atoms with Gasteiger partial charge in [-0.25, -0.2) is 4.39 Å². The van der Waals surface area contributed by atoms with Crippen LogP contribution in [0.15, 0.2) is 54.6 Å². The fraction of sp³-hybridized carbons (Fsp3) is 0.296. The van der Waals surface area contributed by atoms with Crippen molar-refractivity contribution in [3.63, 3.8) is 0 Å². The Balaban J connectivity index is 1.68. The number of nitrogens with zero attached hydrogens (tertiary/aromatic N) is 1. The molecule has 0 aliphatic heterocycles. The highest BCUT2D eigenvalue weighted by Crippen LogP contribution is 2.23. The Labute approximate surface area is 178 Å². The molecule has 3 aromatic rings. The van der Waals surface area contributed by atoms with E-state index in [1.54, 1.807) is 6.07 Å². The van der Waals surface area contributed by atoms with E-state index in [-0.39, 0.29) is 11.7 Å². The molecule has 2 nitrogen and oxygen atoms in total. The van der Waals surface area contributed by atoms with Gasteiger partial charge < -0.3 is 4.74 Å². The van der Waals surface area contributed by atoms with Gasteiger partial charge in [0.2, 0.25) is 0 Å². The van der Waals surface area contributed by atoms with Crippen LogP contribution < -0.4 is 4.74 Å². The summed E-state index contributed by atoms with van der Waals surface area (Å²) in [5, 5.41) is 11.0. The summed E-state index contributed by atoms with van der Waals surface area (Å²) in [6, 6.07) is 18.3. The van der Waals surface area contributed by atoms with E-state index in [4.69, 9.17) is 10.00 Å². The molecule has 0 aliphatic rings. The number of halogens is 1. The summed E-state index contributed by atoms with van der Waals surface area (Å²) in [6.45, 7) is 4.35. The van der Waals surface area contributed by atoms with Crippen molar-refractivity contribution in [2.75, 3.05) is 0 Å². The van der Waals surface area contributed by atoms with Crippen molar-refractivity contribution in [1.82, 2.24) is 0 Å². The Hall–Kier alpha value is -3.30. The second-order valence-electron chi connectivity index (χ2n) is 7.56. The van der Waals surface area contributed by atoms with Gasteiger partial charge in [-0.3, -0.25) is 0 Å². The Morgan fingerprint density at radius 3 is 2.33 bits per heavy atom. The average molecular weight is 400 g/mol. The molecule has 0 saturated carbocycles. The fourth-order valence-corrected chi connectivity index (χ4v) is 3.35. The highest BCUT2D eigenvalue weighted by atomic mass is 19.1. The molecule has 30 heavy (non-hydrogen) atoms. The van der Waals surface area contributed by atoms with Gasteiger partial charge in [0.25, 0.3) is 0 Å². The van der Waals surface area contributed by atoms with E-state index in [0.717, 1.165) is 28.5 Å². The smallest absolute Gasteiger partial charge is 0.142 e. The van der Waals surface area contributed by atoms with Crippen LogP contribution in [0.3, 0.4) is 0 Å². The lowest BCUT2D eigenvalue weighted by molar-refractivity contribution is 0.206. The third kappa shape index (κ3) is 5.85. The van der Waals surface area contributed by atoms with E-state index in [0.29, 0.717) is 5.56 Å². The third-order valence-corrected chi connectivity index (χ3v) is 5.05. The minimum atomic E-state index is -0.546. The molecular formula is C27H26FNO. The number of nitriles is 1. The largest absolute Gasteiger partial charge is 0.491 e. The zero-order valence-electron chi connectivity index (χ0n) is 17.5. The zero-order valence-corrected chi connectivity index (χ0v) is 17.5. The van der Waals surface area contributed by atoms with Gasteiger partial charge in [0.1, 0.15) is 17.6 Å². The van der Waals surface area contributed by atoms with Crippen molar-refractivity contribution in [3.8, 4) is 23.7 Å². The first-order chi connectivity index (χ1) is 14.6. The van der Waals surface area contributed by atoms with Crippen molar-refractivity contribution in [2.24, 2.45) is 0 Å². The topological polar surface area (TPSA) is 33.0 Å². The number of ether oxygens (including phenoxy) is 1. The summed E-state index contributed by atoms with van der Waals surface area (Å²) in [4.78, 5) is 0. The predicted molar refractivity (Wildman–Crippen MR) is 120 cm³/mol. The second kappa shape index (κ2) is 10.5. The van der Waals surface area contributed by atoms with Gasteiger partial charge in [-0.05, 0) is 73.0 Å². The highest BCUT2D eigenvalue weighted by molar-refractivity contribution is 5.85. The van der Waals surface area contributed by atoms with E-state index >= 15 is 0 Å². The first-order valence-electron chi connectivity index (χ1n) is 10.5. The maximum absolute atomic E-state index is 13.7. The average Bonchev–Trinajstić information content (AvgIpc) is 2.75. The maximum atomic E-state index is 13.7. The second-order valence-corrected chi connectivity index (χ2v) is 7.56. The molecule has 3 heteroatoms. The van der Waals surface area contributed by atoms with Crippen LogP contribution in [0.4, 0.5) is 4.39 Å². The van der Waals surface area contributed by atoms with Crippen molar-refractivity contribution in [1.29, 1.82) is 5.26 Å². The molecule has 0 radical (unpaired) electrons. The summed E-state index contributed by atoms with van der Waals surface area (Å²) in [6.07, 6.45) is 6.28. The van der Waals surface area contributed by atoms with Crippen LogP contribution in [-0.2, 0) is 0 Å². The molecule has 3 rings (SSSR count). The minimum Gasteiger partial charge on any atom is -0.491 e. The Morgan fingerprint density at radius 1 is 0.900 bits per heavy atom. The van der Waals surface area contributed by atoms with Crippen LogP contribution in [0.5, 0.6) is 5.75 Å². The lowest BCUT2D eigenvalue weighted by Gasteiger charge is -2.15. The van der Waals surface area contributed by atoms with Crippen LogP contribution >= 0.6 is 0 Å². The Kier molecular flexibility index (Phi) is 7.47. The SMILES string of the molecule is CCCCCC[C@H](C)Oc1ccc2cc(C#Cc3ccc(C#N)c(F)c3)ccc2c1. The molecular weight excluding hydrogens is 373 g/mol. The summed E-state index contributed by atoms with van der Waals surface area (Å²) < 4.78 is 19.8. The maximum Gasteiger partial charge on any atom is 0.142 e. The van der Waals surface area contributed by atoms with E-state index in [9.17, 15) is 4.39 Å². The van der Waals surface area contributed by atoms with Crippen molar-refractivity contribution < 1.29 is 9.13 Å². The quantitative estimate of drug-likeness (QED) is 0.317. The molecule has 152 valence electrons. The summed E-state index contributed by atoms with van der Waals surface area (Å²) in [5.74, 6) is 6.37. The minimum absolute atomic E-state index is 0.0274. The van der Waals surface area contributed by atoms with Crippen LogP contribution in [0.2, 0.25) is 0 Å². The third-order valence-electron chi connectivity index (χ3n) is 5.05. The molecule has 0 fully saturated rings. The Morgan fingerprint density at radius 2 is 1.60 bits per heavy atom. The summed E-state index contributed by atoms with van der Waals surface area (Å²) >= 11 is 0. The zero-order chi connectivity index (χ0) is 21.3. The first kappa shape index (κ1) is 21.4. The van der Waals surface area contributed by atoms with Crippen LogP contribution in [0.1, 0.15) is 62.6 Å². The monoisotopic (exact) mass is 399 g/mol. The van der Waals surface area contributed by atoms with Crippen molar-refractivity contribution in [2.45, 2.75) is 52.1 Å². The van der Waals surface area contributed by atoms with Gasteiger partial charge in [-0.2, -0.15) is 5.26 Å². The molecule has 0 unspecified atom stereocenters. The van der Waals surface area contributed by atoms with Crippen molar-refractivity contribution in [3.05, 3.63) is 77.1 Å². The lowest BCUT2D eigenvalue weighted by atomic mass is 10.1. The number of fused-ring (bicyclic) bond motifs is 1. The lowest BCUT2D eigenvalue weighted by Crippen LogP contribution is -2.11. The molecule has 0 spiro atoms. The molecule has 0 N–H and O–H groups in total. The molecule has 0 bridgehead atoms. The van der Waals surface area contributed by atoms with Crippen LogP contribution in [-0.4, -0.2) is 6.10 Å². The highest BCUT2D eigenvalue weighted by Gasteiger charge is 2.05. The first-order valence-corrected chi connectivity index (χ1v) is 10.5. The fourth-order valence-electron chi connectivity index (χ4n) is 3.35. The van der Waals surface area contributed by atoms with Gasteiger partial charge in [-0.15, -0.1) is 0 Å². The normalized spacial score (nSPS) is 11.4. The summed E-state index contributed by atoms with van der Waals surface area (Å²) in [7, 11) is 0.